The molecular formula is C9H20N4O. The van der Waals surface area contributed by atoms with Gasteiger partial charge in [-0.15, -0.1) is 0 Å². The molecule has 0 saturated carbocycles. The summed E-state index contributed by atoms with van der Waals surface area (Å²) < 4.78 is 0. The number of nitrogens with two attached hydrogens (primary N) is 1. The molecule has 0 spiro atoms. The molecule has 0 atom stereocenters. The van der Waals surface area contributed by atoms with Crippen LogP contribution < -0.4 is 16.4 Å². The summed E-state index contributed by atoms with van der Waals surface area (Å²) in [5, 5.41) is 5.63. The van der Waals surface area contributed by atoms with Crippen molar-refractivity contribution in [2.75, 3.05) is 20.1 Å². The quantitative estimate of drug-likeness (QED) is 0.420. The second-order valence-electron chi connectivity index (χ2n) is 3.48. The third kappa shape index (κ3) is 7.39. The maximum Gasteiger partial charge on any atom is 0.221 e. The third-order valence-corrected chi connectivity index (χ3v) is 1.61. The van der Waals surface area contributed by atoms with Gasteiger partial charge in [-0.05, 0) is 5.92 Å². The summed E-state index contributed by atoms with van der Waals surface area (Å²) in [5.41, 5.74) is 5.39. The van der Waals surface area contributed by atoms with Crippen molar-refractivity contribution in [2.45, 2.75) is 20.3 Å². The van der Waals surface area contributed by atoms with E-state index in [1.807, 2.05) is 0 Å². The molecular weight excluding hydrogens is 180 g/mol. The molecule has 14 heavy (non-hydrogen) atoms. The molecule has 0 radical (unpaired) electrons. The van der Waals surface area contributed by atoms with Crippen LogP contribution in [-0.4, -0.2) is 32.0 Å². The van der Waals surface area contributed by atoms with Crippen LogP contribution in [0, 0.1) is 5.92 Å². The highest BCUT2D eigenvalue weighted by molar-refractivity contribution is 5.79. The first-order valence-electron chi connectivity index (χ1n) is 4.79. The van der Waals surface area contributed by atoms with E-state index in [9.17, 15) is 4.79 Å². The van der Waals surface area contributed by atoms with Crippen LogP contribution in [0.25, 0.3) is 0 Å². The molecule has 0 aliphatic heterocycles. The number of hydrogen-bond donors (Lipinski definition) is 3. The number of nitrogens with zero attached hydrogens (tertiary/aromatic N) is 1. The zero-order valence-electron chi connectivity index (χ0n) is 9.13. The number of guanidine groups is 1. The number of amides is 1. The minimum Gasteiger partial charge on any atom is -0.370 e. The summed E-state index contributed by atoms with van der Waals surface area (Å²) in [4.78, 5) is 14.9. The summed E-state index contributed by atoms with van der Waals surface area (Å²) in [7, 11) is 1.60. The van der Waals surface area contributed by atoms with E-state index >= 15 is 0 Å². The van der Waals surface area contributed by atoms with Crippen molar-refractivity contribution in [3.05, 3.63) is 0 Å². The van der Waals surface area contributed by atoms with Gasteiger partial charge in [0.2, 0.25) is 5.91 Å². The molecule has 0 rings (SSSR count). The second kappa shape index (κ2) is 7.17. The van der Waals surface area contributed by atoms with Crippen molar-refractivity contribution in [2.24, 2.45) is 16.6 Å². The highest BCUT2D eigenvalue weighted by Crippen LogP contribution is 1.87. The average Bonchev–Trinajstić information content (AvgIpc) is 2.14. The Balaban J connectivity index is 3.45. The summed E-state index contributed by atoms with van der Waals surface area (Å²) in [5.74, 6) is 0.881. The largest absolute Gasteiger partial charge is 0.370 e. The van der Waals surface area contributed by atoms with Crippen LogP contribution in [-0.2, 0) is 4.79 Å². The maximum atomic E-state index is 11.2. The van der Waals surface area contributed by atoms with Crippen LogP contribution in [0.15, 0.2) is 4.99 Å². The Bertz CT molecular complexity index is 201. The lowest BCUT2D eigenvalue weighted by Gasteiger charge is -2.08. The van der Waals surface area contributed by atoms with Crippen LogP contribution in [0.2, 0.25) is 0 Å². The van der Waals surface area contributed by atoms with Gasteiger partial charge in [-0.25, -0.2) is 0 Å². The zero-order chi connectivity index (χ0) is 11.0. The normalized spacial score (nSPS) is 11.6. The maximum absolute atomic E-state index is 11.2. The Labute approximate surface area is 85.2 Å². The van der Waals surface area contributed by atoms with Crippen LogP contribution >= 0.6 is 0 Å². The topological polar surface area (TPSA) is 79.5 Å². The Morgan fingerprint density at radius 3 is 2.57 bits per heavy atom. The van der Waals surface area contributed by atoms with Gasteiger partial charge < -0.3 is 16.4 Å². The first-order valence-corrected chi connectivity index (χ1v) is 4.79. The molecule has 5 heteroatoms. The number of carbonyl (C=O) groups is 1. The van der Waals surface area contributed by atoms with E-state index in [0.717, 1.165) is 6.54 Å². The van der Waals surface area contributed by atoms with Crippen LogP contribution in [0.5, 0.6) is 0 Å². The highest BCUT2D eigenvalue weighted by atomic mass is 16.1. The first-order chi connectivity index (χ1) is 6.56. The van der Waals surface area contributed by atoms with Crippen molar-refractivity contribution in [3.63, 3.8) is 0 Å². The van der Waals surface area contributed by atoms with Crippen molar-refractivity contribution in [3.8, 4) is 0 Å². The van der Waals surface area contributed by atoms with Crippen molar-refractivity contribution >= 4 is 11.9 Å². The molecule has 1 amide bonds. The molecule has 0 aromatic rings. The lowest BCUT2D eigenvalue weighted by atomic mass is 10.2. The number of carbonyl (C=O) groups excluding carboxylic acids is 1. The van der Waals surface area contributed by atoms with E-state index in [0.29, 0.717) is 24.8 Å². The molecule has 0 unspecified atom stereocenters. The molecule has 0 heterocycles. The predicted octanol–water partition coefficient (Wildman–Crippen LogP) is -0.317. The third-order valence-electron chi connectivity index (χ3n) is 1.61. The lowest BCUT2D eigenvalue weighted by Crippen LogP contribution is -2.35. The molecule has 0 aromatic carbocycles. The molecule has 0 aromatic heterocycles. The second-order valence-corrected chi connectivity index (χ2v) is 3.48. The number of aliphatic imine (C=N–C) groups is 1. The van der Waals surface area contributed by atoms with Gasteiger partial charge in [-0.3, -0.25) is 9.79 Å². The van der Waals surface area contributed by atoms with Gasteiger partial charge in [-0.2, -0.15) is 0 Å². The minimum absolute atomic E-state index is 0.0371. The van der Waals surface area contributed by atoms with Gasteiger partial charge in [0.15, 0.2) is 5.96 Å². The van der Waals surface area contributed by atoms with Crippen molar-refractivity contribution < 1.29 is 4.79 Å². The fourth-order valence-corrected chi connectivity index (χ4v) is 0.790. The average molecular weight is 200 g/mol. The Morgan fingerprint density at radius 2 is 2.07 bits per heavy atom. The zero-order valence-corrected chi connectivity index (χ0v) is 9.13. The van der Waals surface area contributed by atoms with E-state index < -0.39 is 0 Å². The summed E-state index contributed by atoms with van der Waals surface area (Å²) in [6, 6.07) is 0. The van der Waals surface area contributed by atoms with E-state index in [1.54, 1.807) is 7.05 Å². The summed E-state index contributed by atoms with van der Waals surface area (Å²) in [6.45, 7) is 5.35. The molecule has 0 fully saturated rings. The molecule has 0 bridgehead atoms. The fraction of sp³-hybridized carbons (Fsp3) is 0.778. The molecule has 5 nitrogen and oxygen atoms in total. The standard InChI is InChI=1S/C9H20N4O/c1-7(2)6-13-8(14)4-5-12-9(10)11-3/h7H,4-6H2,1-3H3,(H,13,14)(H3,10,11,12). The molecule has 82 valence electrons. The number of nitrogens with one attached hydrogen (secondary N) is 2. The summed E-state index contributed by atoms with van der Waals surface area (Å²) >= 11 is 0. The van der Waals surface area contributed by atoms with Crippen LogP contribution in [0.3, 0.4) is 0 Å². The Morgan fingerprint density at radius 1 is 1.43 bits per heavy atom. The predicted molar refractivity (Wildman–Crippen MR) is 58.0 cm³/mol. The van der Waals surface area contributed by atoms with Gasteiger partial charge in [0.25, 0.3) is 0 Å². The van der Waals surface area contributed by atoms with Crippen molar-refractivity contribution in [1.82, 2.24) is 10.6 Å². The van der Waals surface area contributed by atoms with Gasteiger partial charge in [0, 0.05) is 26.6 Å². The number of hydrogen-bond acceptors (Lipinski definition) is 2. The molecule has 0 aliphatic carbocycles. The van der Waals surface area contributed by atoms with Gasteiger partial charge in [-0.1, -0.05) is 13.8 Å². The minimum atomic E-state index is 0.0371. The summed E-state index contributed by atoms with van der Waals surface area (Å²) in [6.07, 6.45) is 0.420. The highest BCUT2D eigenvalue weighted by Gasteiger charge is 2.01. The first kappa shape index (κ1) is 12.7. The van der Waals surface area contributed by atoms with E-state index in [-0.39, 0.29) is 5.91 Å². The van der Waals surface area contributed by atoms with E-state index in [2.05, 4.69) is 29.5 Å². The monoisotopic (exact) mass is 200 g/mol. The molecule has 4 N–H and O–H groups in total. The van der Waals surface area contributed by atoms with Gasteiger partial charge in [0.1, 0.15) is 0 Å². The SMILES string of the molecule is CN=C(N)NCCC(=O)NCC(C)C. The van der Waals surface area contributed by atoms with Gasteiger partial charge in [0.05, 0.1) is 0 Å². The Hall–Kier alpha value is -1.26. The van der Waals surface area contributed by atoms with Gasteiger partial charge >= 0.3 is 0 Å². The molecule has 0 saturated heterocycles. The molecule has 0 aliphatic rings. The lowest BCUT2D eigenvalue weighted by molar-refractivity contribution is -0.121. The fourth-order valence-electron chi connectivity index (χ4n) is 0.790. The van der Waals surface area contributed by atoms with Crippen LogP contribution in [0.1, 0.15) is 20.3 Å². The van der Waals surface area contributed by atoms with Crippen LogP contribution in [0.4, 0.5) is 0 Å². The Kier molecular flexibility index (Phi) is 6.53. The number of rotatable bonds is 5. The van der Waals surface area contributed by atoms with E-state index in [1.165, 1.54) is 0 Å². The van der Waals surface area contributed by atoms with Crippen molar-refractivity contribution in [1.29, 1.82) is 0 Å². The smallest absolute Gasteiger partial charge is 0.221 e. The van der Waals surface area contributed by atoms with E-state index in [4.69, 9.17) is 5.73 Å².